The maximum atomic E-state index is 11.8. The Morgan fingerprint density at radius 3 is 2.34 bits per heavy atom. The van der Waals surface area contributed by atoms with Gasteiger partial charge >= 0.3 is 0 Å². The van der Waals surface area contributed by atoms with Crippen molar-refractivity contribution >= 4 is 61.4 Å². The number of allylic oxidation sites excluding steroid dienone is 4. The zero-order chi connectivity index (χ0) is 34.6. The largest absolute Gasteiger partial charge is 0.343 e. The molecule has 2 aromatic carbocycles. The highest BCUT2D eigenvalue weighted by molar-refractivity contribution is 7.94. The minimum Gasteiger partial charge on any atom is -0.343 e. The molecule has 0 unspecified atom stereocenters. The van der Waals surface area contributed by atoms with E-state index in [2.05, 4.69) is 29.3 Å². The van der Waals surface area contributed by atoms with Crippen molar-refractivity contribution < 1.29 is 54.4 Å². The number of hydrogen-bond donors (Lipinski definition) is 3. The number of rotatable bonds is 16. The molecule has 17 heteroatoms. The van der Waals surface area contributed by atoms with Gasteiger partial charge in [-0.05, 0) is 50.6 Å². The van der Waals surface area contributed by atoms with Crippen LogP contribution in [-0.4, -0.2) is 78.4 Å². The van der Waals surface area contributed by atoms with Crippen molar-refractivity contribution in [3.8, 4) is 0 Å². The maximum Gasteiger partial charge on any atom is 0.271 e. The van der Waals surface area contributed by atoms with Crippen LogP contribution in [0.25, 0.3) is 0 Å². The first-order valence-corrected chi connectivity index (χ1v) is 19.4. The number of fused-ring (bicyclic) bond motifs is 2. The third-order valence-corrected chi connectivity index (χ3v) is 10.6. The fourth-order valence-electron chi connectivity index (χ4n) is 5.84. The molecule has 2 aliphatic heterocycles. The van der Waals surface area contributed by atoms with Crippen LogP contribution in [0, 0.1) is 6.92 Å². The third kappa shape index (κ3) is 9.24. The first kappa shape index (κ1) is 37.5. The van der Waals surface area contributed by atoms with Crippen LogP contribution in [0.4, 0.5) is 11.4 Å². The summed E-state index contributed by atoms with van der Waals surface area (Å²) in [7, 11) is -8.46. The van der Waals surface area contributed by atoms with E-state index < -0.39 is 42.6 Å². The summed E-state index contributed by atoms with van der Waals surface area (Å²) in [5.41, 5.74) is 5.16. The molecular weight excluding hydrogens is 693 g/mol. The number of hydrogen-bond acceptors (Lipinski definition) is 12. The van der Waals surface area contributed by atoms with Gasteiger partial charge in [-0.25, -0.2) is 10.1 Å². The minimum absolute atomic E-state index is 0.00555. The topological polar surface area (TPSA) is 172 Å². The van der Waals surface area contributed by atoms with Crippen LogP contribution < -0.4 is 4.90 Å². The Labute approximate surface area is 283 Å². The van der Waals surface area contributed by atoms with Crippen molar-refractivity contribution in [2.45, 2.75) is 50.3 Å². The Kier molecular flexibility index (Phi) is 12.0. The molecular formula is C30H39N2O11S4+. The van der Waals surface area contributed by atoms with Crippen molar-refractivity contribution in [3.05, 3.63) is 77.0 Å². The van der Waals surface area contributed by atoms with Crippen LogP contribution >= 0.6 is 24.1 Å². The molecule has 0 spiro atoms. The zero-order valence-electron chi connectivity index (χ0n) is 26.6. The Morgan fingerprint density at radius 2 is 1.66 bits per heavy atom. The standard InChI is InChI=1S/C30H38N2O11S4/c1-21-9-11-25-23(19-21)29(2,3)27(31(25)13-17-46(34,35)36)7-6-8-28-30(4,5)24-20-22(45-42-40-15-16-44-43-41-33)10-12-26(24)32(28)14-18-47(37,38)39/h6-12,19-20H,13-18H2,1-5H3,(H2-,33,34,35,36,37,38,39)/p+1. The molecule has 47 heavy (non-hydrogen) atoms. The molecule has 0 saturated carbocycles. The second kappa shape index (κ2) is 15.1. The molecule has 0 aliphatic carbocycles. The predicted octanol–water partition coefficient (Wildman–Crippen LogP) is 5.41. The summed E-state index contributed by atoms with van der Waals surface area (Å²) in [6.45, 7) is 10.3. The van der Waals surface area contributed by atoms with Crippen LogP contribution in [-0.2, 0) is 49.7 Å². The van der Waals surface area contributed by atoms with E-state index >= 15 is 0 Å². The van der Waals surface area contributed by atoms with Gasteiger partial charge in [-0.15, -0.1) is 4.33 Å². The SMILES string of the molecule is Cc1ccc2c(c1)C(C)(C)/C(=C\C=CC1=[N+](CCS(=O)(=O)O)c3ccc(SOOCCSOOO)cc3C1(C)C)N2CCS(=O)(=O)O. The third-order valence-electron chi connectivity index (χ3n) is 8.07. The van der Waals surface area contributed by atoms with Crippen molar-refractivity contribution in [2.75, 3.05) is 41.9 Å². The highest BCUT2D eigenvalue weighted by Gasteiger charge is 2.45. The second-order valence-electron chi connectivity index (χ2n) is 12.1. The molecule has 2 aromatic rings. The Hall–Kier alpha value is -2.29. The molecule has 2 aliphatic rings. The molecule has 0 saturated heterocycles. The molecule has 0 aromatic heterocycles. The van der Waals surface area contributed by atoms with Crippen molar-refractivity contribution in [1.29, 1.82) is 0 Å². The average molecular weight is 732 g/mol. The first-order chi connectivity index (χ1) is 22.0. The van der Waals surface area contributed by atoms with E-state index in [0.29, 0.717) is 5.75 Å². The van der Waals surface area contributed by atoms with E-state index in [-0.39, 0.29) is 19.7 Å². The minimum atomic E-state index is -4.26. The van der Waals surface area contributed by atoms with Crippen molar-refractivity contribution in [1.82, 2.24) is 0 Å². The summed E-state index contributed by atoms with van der Waals surface area (Å²) >= 11 is 1.83. The van der Waals surface area contributed by atoms with Gasteiger partial charge in [0.1, 0.15) is 5.75 Å². The van der Waals surface area contributed by atoms with Crippen LogP contribution in [0.5, 0.6) is 0 Å². The molecule has 258 valence electrons. The van der Waals surface area contributed by atoms with E-state index in [1.54, 1.807) is 0 Å². The summed E-state index contributed by atoms with van der Waals surface area (Å²) in [6, 6.07) is 11.6. The van der Waals surface area contributed by atoms with Gasteiger partial charge in [-0.2, -0.15) is 25.7 Å². The van der Waals surface area contributed by atoms with Gasteiger partial charge in [0.15, 0.2) is 12.3 Å². The van der Waals surface area contributed by atoms with E-state index in [0.717, 1.165) is 68.5 Å². The quantitative estimate of drug-likeness (QED) is 0.0500. The molecule has 3 N–H and O–H groups in total. The Morgan fingerprint density at radius 1 is 0.936 bits per heavy atom. The van der Waals surface area contributed by atoms with Crippen molar-refractivity contribution in [3.63, 3.8) is 0 Å². The first-order valence-electron chi connectivity index (χ1n) is 14.5. The highest BCUT2D eigenvalue weighted by atomic mass is 32.2. The average Bonchev–Trinajstić information content (AvgIpc) is 3.31. The van der Waals surface area contributed by atoms with Crippen molar-refractivity contribution in [2.24, 2.45) is 0 Å². The maximum absolute atomic E-state index is 11.8. The fraction of sp³-hybridized carbons (Fsp3) is 0.433. The zero-order valence-corrected chi connectivity index (χ0v) is 29.8. The molecule has 4 rings (SSSR count). The summed E-state index contributed by atoms with van der Waals surface area (Å²) in [6.07, 6.45) is 5.66. The van der Waals surface area contributed by atoms with E-state index in [1.165, 1.54) is 0 Å². The smallest absolute Gasteiger partial charge is 0.271 e. The summed E-state index contributed by atoms with van der Waals surface area (Å²) in [5, 5.41) is 11.7. The molecule has 0 bridgehead atoms. The second-order valence-corrected chi connectivity index (χ2v) is 16.8. The predicted molar refractivity (Wildman–Crippen MR) is 181 cm³/mol. The van der Waals surface area contributed by atoms with Gasteiger partial charge in [0.05, 0.1) is 29.8 Å². The molecule has 0 fully saturated rings. The van der Waals surface area contributed by atoms with E-state index in [9.17, 15) is 25.9 Å². The molecule has 13 nitrogen and oxygen atoms in total. The molecule has 0 radical (unpaired) electrons. The van der Waals surface area contributed by atoms with Gasteiger partial charge in [-0.1, -0.05) is 42.7 Å². The van der Waals surface area contributed by atoms with E-state index in [1.807, 2.05) is 78.8 Å². The van der Waals surface area contributed by atoms with E-state index in [4.69, 9.17) is 14.5 Å². The Balaban J connectivity index is 1.66. The molecule has 2 heterocycles. The lowest BCUT2D eigenvalue weighted by molar-refractivity contribution is -0.432. The normalized spacial score (nSPS) is 18.0. The lowest BCUT2D eigenvalue weighted by Crippen LogP contribution is -2.30. The highest BCUT2D eigenvalue weighted by Crippen LogP contribution is 2.48. The fourth-order valence-corrected chi connectivity index (χ4v) is 7.40. The monoisotopic (exact) mass is 731 g/mol. The molecule has 0 amide bonds. The van der Waals surface area contributed by atoms with Gasteiger partial charge in [-0.3, -0.25) is 9.11 Å². The summed E-state index contributed by atoms with van der Waals surface area (Å²) < 4.78 is 77.4. The van der Waals surface area contributed by atoms with Crippen LogP contribution in [0.2, 0.25) is 0 Å². The lowest BCUT2D eigenvalue weighted by atomic mass is 9.81. The summed E-state index contributed by atoms with van der Waals surface area (Å²) in [4.78, 5) is 7.75. The number of anilines is 1. The number of nitrogens with zero attached hydrogens (tertiary/aromatic N) is 2. The van der Waals surface area contributed by atoms with Gasteiger partial charge in [0.2, 0.25) is 5.69 Å². The lowest BCUT2D eigenvalue weighted by Gasteiger charge is -2.26. The van der Waals surface area contributed by atoms with Crippen LogP contribution in [0.15, 0.2) is 65.2 Å². The number of benzene rings is 2. The summed E-state index contributed by atoms with van der Waals surface area (Å²) in [5.74, 6) is -0.590. The van der Waals surface area contributed by atoms with Crippen LogP contribution in [0.3, 0.4) is 0 Å². The Bertz CT molecular complexity index is 1790. The van der Waals surface area contributed by atoms with Gasteiger partial charge < -0.3 is 4.90 Å². The van der Waals surface area contributed by atoms with Crippen LogP contribution in [0.1, 0.15) is 44.4 Å². The number of aryl methyl sites for hydroxylation is 1. The van der Waals surface area contributed by atoms with Gasteiger partial charge in [0, 0.05) is 63.7 Å². The molecule has 0 atom stereocenters. The van der Waals surface area contributed by atoms with Gasteiger partial charge in [0.25, 0.3) is 20.2 Å².